The van der Waals surface area contributed by atoms with E-state index in [1.807, 2.05) is 5.38 Å². The molecule has 0 bridgehead atoms. The van der Waals surface area contributed by atoms with Crippen molar-refractivity contribution >= 4 is 45.1 Å². The second-order valence-corrected chi connectivity index (χ2v) is 7.38. The van der Waals surface area contributed by atoms with E-state index >= 15 is 0 Å². The molecule has 3 rings (SSSR count). The van der Waals surface area contributed by atoms with E-state index in [0.29, 0.717) is 20.7 Å². The molecule has 0 saturated heterocycles. The summed E-state index contributed by atoms with van der Waals surface area (Å²) in [5.74, 6) is 0.327. The van der Waals surface area contributed by atoms with Crippen molar-refractivity contribution in [3.05, 3.63) is 90.6 Å². The van der Waals surface area contributed by atoms with Gasteiger partial charge in [0.15, 0.2) is 0 Å². The second kappa shape index (κ2) is 9.25. The van der Waals surface area contributed by atoms with Crippen LogP contribution >= 0.6 is 27.3 Å². The van der Waals surface area contributed by atoms with Crippen LogP contribution in [-0.2, 0) is 6.61 Å². The summed E-state index contributed by atoms with van der Waals surface area (Å²) in [6, 6.07) is 15.2. The van der Waals surface area contributed by atoms with E-state index in [-0.39, 0.29) is 18.2 Å². The van der Waals surface area contributed by atoms with E-state index in [1.54, 1.807) is 42.5 Å². The highest BCUT2D eigenvalue weighted by atomic mass is 79.9. The van der Waals surface area contributed by atoms with Gasteiger partial charge in [-0.2, -0.15) is 5.10 Å². The van der Waals surface area contributed by atoms with Crippen LogP contribution in [0, 0.1) is 10.1 Å². The number of nitro groups is 1. The van der Waals surface area contributed by atoms with Crippen molar-refractivity contribution in [3.8, 4) is 5.75 Å². The van der Waals surface area contributed by atoms with Crippen LogP contribution in [0.15, 0.2) is 69.6 Å². The van der Waals surface area contributed by atoms with Crippen LogP contribution in [0.25, 0.3) is 0 Å². The van der Waals surface area contributed by atoms with Crippen molar-refractivity contribution in [2.75, 3.05) is 0 Å². The molecule has 0 unspecified atom stereocenters. The first kappa shape index (κ1) is 19.7. The molecule has 3 aromatic rings. The van der Waals surface area contributed by atoms with Crippen molar-refractivity contribution in [2.24, 2.45) is 5.10 Å². The summed E-state index contributed by atoms with van der Waals surface area (Å²) in [6.45, 7) is 0.199. The summed E-state index contributed by atoms with van der Waals surface area (Å²) in [7, 11) is 0. The number of hydrazone groups is 1. The highest BCUT2D eigenvalue weighted by Gasteiger charge is 2.08. The largest absolute Gasteiger partial charge is 0.488 e. The molecule has 1 amide bonds. The molecule has 1 heterocycles. The SMILES string of the molecule is O=C(NN=Cc1ccc(OCc2cccc([N+](=O)[O-])c2)c(Br)c1)c1cccs1. The Morgan fingerprint density at radius 2 is 2.11 bits per heavy atom. The molecular weight excluding hydrogens is 446 g/mol. The first-order valence-corrected chi connectivity index (χ1v) is 9.73. The predicted molar refractivity (Wildman–Crippen MR) is 111 cm³/mol. The number of benzene rings is 2. The van der Waals surface area contributed by atoms with Crippen LogP contribution in [0.5, 0.6) is 5.75 Å². The Kier molecular flexibility index (Phi) is 6.51. The smallest absolute Gasteiger partial charge is 0.281 e. The van der Waals surface area contributed by atoms with Gasteiger partial charge in [-0.1, -0.05) is 18.2 Å². The normalized spacial score (nSPS) is 10.8. The third kappa shape index (κ3) is 5.24. The van der Waals surface area contributed by atoms with Crippen molar-refractivity contribution in [3.63, 3.8) is 0 Å². The van der Waals surface area contributed by atoms with Crippen molar-refractivity contribution in [1.82, 2.24) is 5.43 Å². The average Bonchev–Trinajstić information content (AvgIpc) is 3.22. The quantitative estimate of drug-likeness (QED) is 0.313. The maximum absolute atomic E-state index is 11.8. The van der Waals surface area contributed by atoms with E-state index in [2.05, 4.69) is 26.5 Å². The Morgan fingerprint density at radius 3 is 2.82 bits per heavy atom. The van der Waals surface area contributed by atoms with Gasteiger partial charge >= 0.3 is 0 Å². The lowest BCUT2D eigenvalue weighted by molar-refractivity contribution is -0.384. The lowest BCUT2D eigenvalue weighted by Crippen LogP contribution is -2.16. The van der Waals surface area contributed by atoms with E-state index in [0.717, 1.165) is 5.56 Å². The van der Waals surface area contributed by atoms with Gasteiger partial charge in [0, 0.05) is 12.1 Å². The zero-order valence-electron chi connectivity index (χ0n) is 14.4. The van der Waals surface area contributed by atoms with Gasteiger partial charge in [0.25, 0.3) is 11.6 Å². The van der Waals surface area contributed by atoms with Gasteiger partial charge in [0.1, 0.15) is 12.4 Å². The van der Waals surface area contributed by atoms with Crippen LogP contribution in [0.4, 0.5) is 5.69 Å². The first-order valence-electron chi connectivity index (χ1n) is 8.05. The summed E-state index contributed by atoms with van der Waals surface area (Å²) in [5, 5.41) is 16.6. The molecule has 142 valence electrons. The Balaban J connectivity index is 1.59. The Labute approximate surface area is 172 Å². The Hall–Kier alpha value is -3.04. The monoisotopic (exact) mass is 459 g/mol. The van der Waals surface area contributed by atoms with Crippen molar-refractivity contribution in [1.29, 1.82) is 0 Å². The number of carbonyl (C=O) groups excluding carboxylic acids is 1. The maximum Gasteiger partial charge on any atom is 0.281 e. The summed E-state index contributed by atoms with van der Waals surface area (Å²) >= 11 is 4.77. The summed E-state index contributed by atoms with van der Waals surface area (Å²) < 4.78 is 6.42. The molecule has 1 N–H and O–H groups in total. The van der Waals surface area contributed by atoms with E-state index in [4.69, 9.17) is 4.74 Å². The zero-order valence-corrected chi connectivity index (χ0v) is 16.8. The molecule has 0 radical (unpaired) electrons. The molecule has 1 aromatic heterocycles. The summed E-state index contributed by atoms with van der Waals surface area (Å²) in [5.41, 5.74) is 3.95. The Bertz CT molecular complexity index is 1020. The molecule has 7 nitrogen and oxygen atoms in total. The molecule has 0 atom stereocenters. The number of nitro benzene ring substituents is 1. The average molecular weight is 460 g/mol. The maximum atomic E-state index is 11.8. The molecule has 0 saturated carbocycles. The molecule has 9 heteroatoms. The van der Waals surface area contributed by atoms with E-state index in [1.165, 1.54) is 29.7 Å². The van der Waals surface area contributed by atoms with Crippen LogP contribution in [0.1, 0.15) is 20.8 Å². The number of nitrogens with one attached hydrogen (secondary N) is 1. The van der Waals surface area contributed by atoms with E-state index < -0.39 is 4.92 Å². The third-order valence-electron chi connectivity index (χ3n) is 3.60. The van der Waals surface area contributed by atoms with Gasteiger partial charge in [-0.05, 0) is 56.7 Å². The molecule has 0 fully saturated rings. The number of hydrogen-bond acceptors (Lipinski definition) is 6. The van der Waals surface area contributed by atoms with Crippen LogP contribution in [0.2, 0.25) is 0 Å². The van der Waals surface area contributed by atoms with Crippen LogP contribution < -0.4 is 10.2 Å². The second-order valence-electron chi connectivity index (χ2n) is 5.58. The zero-order chi connectivity index (χ0) is 19.9. The Morgan fingerprint density at radius 1 is 1.25 bits per heavy atom. The fraction of sp³-hybridized carbons (Fsp3) is 0.0526. The van der Waals surface area contributed by atoms with E-state index in [9.17, 15) is 14.9 Å². The highest BCUT2D eigenvalue weighted by molar-refractivity contribution is 9.10. The molecule has 0 aliphatic heterocycles. The number of non-ortho nitro benzene ring substituents is 1. The number of thiophene rings is 1. The molecular formula is C19H14BrN3O4S. The van der Waals surface area contributed by atoms with Gasteiger partial charge < -0.3 is 4.74 Å². The standard InChI is InChI=1S/C19H14BrN3O4S/c20-16-10-13(11-21-22-19(24)18-5-2-8-28-18)6-7-17(16)27-12-14-3-1-4-15(9-14)23(25)26/h1-11H,12H2,(H,22,24). The fourth-order valence-electron chi connectivity index (χ4n) is 2.26. The fourth-order valence-corrected chi connectivity index (χ4v) is 3.39. The minimum Gasteiger partial charge on any atom is -0.488 e. The summed E-state index contributed by atoms with van der Waals surface area (Å²) in [4.78, 5) is 22.8. The molecule has 28 heavy (non-hydrogen) atoms. The third-order valence-corrected chi connectivity index (χ3v) is 5.08. The number of hydrogen-bond donors (Lipinski definition) is 1. The lowest BCUT2D eigenvalue weighted by Gasteiger charge is -2.09. The topological polar surface area (TPSA) is 93.8 Å². The first-order chi connectivity index (χ1) is 13.5. The predicted octanol–water partition coefficient (Wildman–Crippen LogP) is 4.76. The molecule has 0 aliphatic carbocycles. The molecule has 2 aromatic carbocycles. The number of rotatable bonds is 7. The minimum absolute atomic E-state index is 0.0244. The van der Waals surface area contributed by atoms with Gasteiger partial charge in [-0.3, -0.25) is 14.9 Å². The lowest BCUT2D eigenvalue weighted by atomic mass is 10.2. The van der Waals surface area contributed by atoms with Crippen molar-refractivity contribution < 1.29 is 14.5 Å². The van der Waals surface area contributed by atoms with Crippen LogP contribution in [0.3, 0.4) is 0 Å². The molecule has 0 aliphatic rings. The van der Waals surface area contributed by atoms with Gasteiger partial charge in [-0.25, -0.2) is 5.43 Å². The highest BCUT2D eigenvalue weighted by Crippen LogP contribution is 2.26. The number of carbonyl (C=O) groups is 1. The number of ether oxygens (including phenoxy) is 1. The van der Waals surface area contributed by atoms with Crippen molar-refractivity contribution in [2.45, 2.75) is 6.61 Å². The molecule has 0 spiro atoms. The number of nitrogens with zero attached hydrogens (tertiary/aromatic N) is 2. The van der Waals surface area contributed by atoms with Gasteiger partial charge in [0.2, 0.25) is 0 Å². The van der Waals surface area contributed by atoms with Crippen LogP contribution in [-0.4, -0.2) is 17.0 Å². The van der Waals surface area contributed by atoms with Gasteiger partial charge in [0.05, 0.1) is 20.5 Å². The number of halogens is 1. The minimum atomic E-state index is -0.440. The summed E-state index contributed by atoms with van der Waals surface area (Å²) in [6.07, 6.45) is 1.53. The van der Waals surface area contributed by atoms with Gasteiger partial charge in [-0.15, -0.1) is 11.3 Å². The number of amides is 1.